The maximum Gasteiger partial charge on any atom is 0.256 e. The Labute approximate surface area is 102 Å². The minimum Gasteiger partial charge on any atom is -0.383 e. The molecule has 0 aliphatic carbocycles. The van der Waals surface area contributed by atoms with Crippen molar-refractivity contribution in [3.63, 3.8) is 0 Å². The minimum absolute atomic E-state index is 0.0896. The molecular formula is C11H21N5O. The second-order valence-electron chi connectivity index (χ2n) is 4.78. The van der Waals surface area contributed by atoms with Gasteiger partial charge in [0.15, 0.2) is 0 Å². The zero-order valence-electron chi connectivity index (χ0n) is 10.8. The monoisotopic (exact) mass is 239 g/mol. The lowest BCUT2D eigenvalue weighted by molar-refractivity contribution is 0.0917. The van der Waals surface area contributed by atoms with Gasteiger partial charge in [-0.15, -0.1) is 0 Å². The highest BCUT2D eigenvalue weighted by atomic mass is 16.1. The summed E-state index contributed by atoms with van der Waals surface area (Å²) in [4.78, 5) is 14.0. The van der Waals surface area contributed by atoms with Crippen LogP contribution in [0.2, 0.25) is 0 Å². The number of nitrogens with zero attached hydrogens (tertiary/aromatic N) is 2. The molecule has 4 N–H and O–H groups in total. The average Bonchev–Trinajstić information content (AvgIpc) is 2.62. The lowest BCUT2D eigenvalue weighted by Crippen LogP contribution is -2.45. The molecule has 0 spiro atoms. The summed E-state index contributed by atoms with van der Waals surface area (Å²) >= 11 is 0. The number of aromatic amines is 1. The Balaban J connectivity index is 2.68. The van der Waals surface area contributed by atoms with Crippen LogP contribution in [0.25, 0.3) is 0 Å². The summed E-state index contributed by atoms with van der Waals surface area (Å²) in [5, 5.41) is 9.25. The third-order valence-electron chi connectivity index (χ3n) is 2.60. The fourth-order valence-corrected chi connectivity index (χ4v) is 1.54. The van der Waals surface area contributed by atoms with Crippen molar-refractivity contribution in [1.82, 2.24) is 20.4 Å². The van der Waals surface area contributed by atoms with Crippen molar-refractivity contribution in [1.29, 1.82) is 0 Å². The van der Waals surface area contributed by atoms with Gasteiger partial charge in [-0.1, -0.05) is 13.8 Å². The fraction of sp³-hybridized carbons (Fsp3) is 0.636. The van der Waals surface area contributed by atoms with Gasteiger partial charge in [-0.25, -0.2) is 0 Å². The Morgan fingerprint density at radius 1 is 1.59 bits per heavy atom. The number of hydrogen-bond donors (Lipinski definition) is 3. The van der Waals surface area contributed by atoms with E-state index < -0.39 is 0 Å². The summed E-state index contributed by atoms with van der Waals surface area (Å²) in [7, 11) is 3.96. The van der Waals surface area contributed by atoms with Crippen LogP contribution in [0.15, 0.2) is 6.20 Å². The number of anilines is 1. The molecule has 1 aromatic heterocycles. The molecule has 0 fully saturated rings. The van der Waals surface area contributed by atoms with Crippen LogP contribution in [0, 0.1) is 5.92 Å². The van der Waals surface area contributed by atoms with E-state index in [2.05, 4.69) is 29.4 Å². The summed E-state index contributed by atoms with van der Waals surface area (Å²) < 4.78 is 0. The standard InChI is InChI=1S/C11H21N5O/c1-7(2)9(6-16(3)4)14-11(17)8-5-13-15-10(8)12/h5,7,9H,6H2,1-4H3,(H,14,17)(H3,12,13,15). The molecule has 1 amide bonds. The second kappa shape index (κ2) is 5.67. The number of H-pyrrole nitrogens is 1. The van der Waals surface area contributed by atoms with Crippen molar-refractivity contribution < 1.29 is 4.79 Å². The Morgan fingerprint density at radius 3 is 2.65 bits per heavy atom. The first kappa shape index (κ1) is 13.5. The molecule has 0 aliphatic heterocycles. The normalized spacial score (nSPS) is 13.1. The van der Waals surface area contributed by atoms with Gasteiger partial charge in [-0.3, -0.25) is 9.89 Å². The quantitative estimate of drug-likeness (QED) is 0.690. The van der Waals surface area contributed by atoms with Crippen molar-refractivity contribution in [2.45, 2.75) is 19.9 Å². The fourth-order valence-electron chi connectivity index (χ4n) is 1.54. The van der Waals surface area contributed by atoms with Gasteiger partial charge in [-0.2, -0.15) is 5.10 Å². The molecule has 96 valence electrons. The number of nitrogen functional groups attached to an aromatic ring is 1. The first-order valence-corrected chi connectivity index (χ1v) is 5.66. The van der Waals surface area contributed by atoms with Crippen LogP contribution in [-0.4, -0.2) is 47.7 Å². The molecule has 0 radical (unpaired) electrons. The first-order valence-electron chi connectivity index (χ1n) is 5.66. The van der Waals surface area contributed by atoms with Crippen molar-refractivity contribution in [3.05, 3.63) is 11.8 Å². The highest BCUT2D eigenvalue weighted by molar-refractivity contribution is 5.98. The summed E-state index contributed by atoms with van der Waals surface area (Å²) in [6.45, 7) is 4.95. The summed E-state index contributed by atoms with van der Waals surface area (Å²) in [5.41, 5.74) is 6.00. The predicted molar refractivity (Wildman–Crippen MR) is 67.6 cm³/mol. The number of nitrogens with one attached hydrogen (secondary N) is 2. The number of hydrogen-bond acceptors (Lipinski definition) is 4. The van der Waals surface area contributed by atoms with E-state index in [1.807, 2.05) is 19.0 Å². The topological polar surface area (TPSA) is 87.0 Å². The summed E-state index contributed by atoms with van der Waals surface area (Å²) in [6.07, 6.45) is 1.44. The van der Waals surface area contributed by atoms with Gasteiger partial charge in [0.2, 0.25) is 0 Å². The molecule has 1 atom stereocenters. The Kier molecular flexibility index (Phi) is 4.51. The number of amides is 1. The number of aromatic nitrogens is 2. The molecule has 0 saturated carbocycles. The maximum atomic E-state index is 12.0. The van der Waals surface area contributed by atoms with E-state index in [0.717, 1.165) is 6.54 Å². The molecular weight excluding hydrogens is 218 g/mol. The van der Waals surface area contributed by atoms with Crippen molar-refractivity contribution in [3.8, 4) is 0 Å². The Hall–Kier alpha value is -1.56. The third-order valence-corrected chi connectivity index (χ3v) is 2.60. The van der Waals surface area contributed by atoms with Gasteiger partial charge in [0.05, 0.1) is 6.20 Å². The third kappa shape index (κ3) is 3.74. The number of nitrogens with two attached hydrogens (primary N) is 1. The van der Waals surface area contributed by atoms with E-state index >= 15 is 0 Å². The molecule has 17 heavy (non-hydrogen) atoms. The van der Waals surface area contributed by atoms with Gasteiger partial charge >= 0.3 is 0 Å². The zero-order chi connectivity index (χ0) is 13.0. The average molecular weight is 239 g/mol. The number of carbonyl (C=O) groups is 1. The number of rotatable bonds is 5. The van der Waals surface area contributed by atoms with Crippen molar-refractivity contribution in [2.24, 2.45) is 5.92 Å². The highest BCUT2D eigenvalue weighted by Gasteiger charge is 2.19. The first-order chi connectivity index (χ1) is 7.91. The van der Waals surface area contributed by atoms with E-state index in [9.17, 15) is 4.79 Å². The van der Waals surface area contributed by atoms with Crippen molar-refractivity contribution in [2.75, 3.05) is 26.4 Å². The molecule has 0 aromatic carbocycles. The van der Waals surface area contributed by atoms with E-state index in [1.165, 1.54) is 6.20 Å². The van der Waals surface area contributed by atoms with Crippen LogP contribution in [0.3, 0.4) is 0 Å². The minimum atomic E-state index is -0.184. The molecule has 1 rings (SSSR count). The van der Waals surface area contributed by atoms with E-state index in [4.69, 9.17) is 5.73 Å². The van der Waals surface area contributed by atoms with Gasteiger partial charge < -0.3 is 16.0 Å². The molecule has 6 heteroatoms. The van der Waals surface area contributed by atoms with Crippen molar-refractivity contribution >= 4 is 11.7 Å². The molecule has 0 saturated heterocycles. The van der Waals surface area contributed by atoms with Crippen LogP contribution < -0.4 is 11.1 Å². The Morgan fingerprint density at radius 2 is 2.24 bits per heavy atom. The predicted octanol–water partition coefficient (Wildman–Crippen LogP) is 0.308. The number of carbonyl (C=O) groups excluding carboxylic acids is 1. The highest BCUT2D eigenvalue weighted by Crippen LogP contribution is 2.08. The van der Waals surface area contributed by atoms with Crippen LogP contribution in [0.5, 0.6) is 0 Å². The molecule has 0 aliphatic rings. The molecule has 1 unspecified atom stereocenters. The molecule has 1 aromatic rings. The molecule has 0 bridgehead atoms. The van der Waals surface area contributed by atoms with E-state index in [-0.39, 0.29) is 11.9 Å². The van der Waals surface area contributed by atoms with Gasteiger partial charge in [0.25, 0.3) is 5.91 Å². The zero-order valence-corrected chi connectivity index (χ0v) is 10.8. The van der Waals surface area contributed by atoms with E-state index in [1.54, 1.807) is 0 Å². The lowest BCUT2D eigenvalue weighted by Gasteiger charge is -2.25. The van der Waals surface area contributed by atoms with Crippen LogP contribution in [-0.2, 0) is 0 Å². The van der Waals surface area contributed by atoms with Crippen LogP contribution >= 0.6 is 0 Å². The summed E-state index contributed by atoms with van der Waals surface area (Å²) in [5.74, 6) is 0.473. The van der Waals surface area contributed by atoms with Gasteiger partial charge in [0.1, 0.15) is 11.4 Å². The number of likely N-dealkylation sites (N-methyl/N-ethyl adjacent to an activating group) is 1. The second-order valence-corrected chi connectivity index (χ2v) is 4.78. The molecule has 6 nitrogen and oxygen atoms in total. The maximum absolute atomic E-state index is 12.0. The van der Waals surface area contributed by atoms with E-state index in [0.29, 0.717) is 17.3 Å². The smallest absolute Gasteiger partial charge is 0.256 e. The summed E-state index contributed by atoms with van der Waals surface area (Å²) in [6, 6.07) is 0.0896. The van der Waals surface area contributed by atoms with Crippen LogP contribution in [0.4, 0.5) is 5.82 Å². The Bertz CT molecular complexity index is 372. The SMILES string of the molecule is CC(C)C(CN(C)C)NC(=O)c1cn[nH]c1N. The molecule has 1 heterocycles. The lowest BCUT2D eigenvalue weighted by atomic mass is 10.0. The van der Waals surface area contributed by atoms with Crippen LogP contribution in [0.1, 0.15) is 24.2 Å². The largest absolute Gasteiger partial charge is 0.383 e. The van der Waals surface area contributed by atoms with Gasteiger partial charge in [0, 0.05) is 12.6 Å². The van der Waals surface area contributed by atoms with Gasteiger partial charge in [-0.05, 0) is 20.0 Å².